The van der Waals surface area contributed by atoms with Gasteiger partial charge in [0.1, 0.15) is 17.6 Å². The van der Waals surface area contributed by atoms with E-state index in [9.17, 15) is 19.1 Å². The summed E-state index contributed by atoms with van der Waals surface area (Å²) in [5.41, 5.74) is 0.0950. The molecule has 2 aliphatic rings. The van der Waals surface area contributed by atoms with Crippen LogP contribution in [-0.4, -0.2) is 39.5 Å². The summed E-state index contributed by atoms with van der Waals surface area (Å²) >= 11 is 0. The first kappa shape index (κ1) is 13.0. The van der Waals surface area contributed by atoms with Gasteiger partial charge in [-0.1, -0.05) is 6.42 Å². The molecule has 1 aliphatic carbocycles. The van der Waals surface area contributed by atoms with Crippen molar-refractivity contribution in [1.82, 2.24) is 9.88 Å². The molecule has 1 N–H and O–H groups in total. The van der Waals surface area contributed by atoms with Crippen LogP contribution >= 0.6 is 0 Å². The number of hydrogen-bond acceptors (Lipinski definition) is 3. The van der Waals surface area contributed by atoms with Crippen LogP contribution in [0.1, 0.15) is 29.8 Å². The van der Waals surface area contributed by atoms with Gasteiger partial charge in [0, 0.05) is 6.54 Å². The first-order valence-electron chi connectivity index (χ1n) is 6.73. The molecule has 1 amide bonds. The molecule has 1 aromatic rings. The topological polar surface area (TPSA) is 70.5 Å². The zero-order chi connectivity index (χ0) is 14.3. The number of carbonyl (C=O) groups is 2. The van der Waals surface area contributed by atoms with Gasteiger partial charge in [-0.3, -0.25) is 4.79 Å². The van der Waals surface area contributed by atoms with Crippen molar-refractivity contribution < 1.29 is 19.1 Å². The Labute approximate surface area is 115 Å². The van der Waals surface area contributed by atoms with E-state index >= 15 is 0 Å². The monoisotopic (exact) mass is 278 g/mol. The van der Waals surface area contributed by atoms with Gasteiger partial charge in [0.25, 0.3) is 5.91 Å². The lowest BCUT2D eigenvalue weighted by atomic mass is 9.94. The Morgan fingerprint density at radius 3 is 2.80 bits per heavy atom. The van der Waals surface area contributed by atoms with E-state index in [1.165, 1.54) is 11.0 Å². The van der Waals surface area contributed by atoms with Crippen LogP contribution in [-0.2, 0) is 4.79 Å². The second kappa shape index (κ2) is 4.85. The summed E-state index contributed by atoms with van der Waals surface area (Å²) < 4.78 is 12.8. The molecule has 1 aromatic heterocycles. The number of hydrogen-bond donors (Lipinski definition) is 1. The van der Waals surface area contributed by atoms with Crippen molar-refractivity contribution in [2.24, 2.45) is 11.8 Å². The Morgan fingerprint density at radius 2 is 2.15 bits per heavy atom. The lowest BCUT2D eigenvalue weighted by Crippen LogP contribution is -2.43. The smallest absolute Gasteiger partial charge is 0.326 e. The normalized spacial score (nSPS) is 28.4. The lowest BCUT2D eigenvalue weighted by molar-refractivity contribution is -0.142. The molecule has 106 valence electrons. The van der Waals surface area contributed by atoms with Crippen molar-refractivity contribution in [2.75, 3.05) is 6.54 Å². The first-order valence-corrected chi connectivity index (χ1v) is 6.73. The zero-order valence-corrected chi connectivity index (χ0v) is 10.8. The number of pyridine rings is 1. The molecule has 0 radical (unpaired) electrons. The van der Waals surface area contributed by atoms with Crippen molar-refractivity contribution in [3.05, 3.63) is 29.8 Å². The van der Waals surface area contributed by atoms with E-state index in [1.54, 1.807) is 0 Å². The highest BCUT2D eigenvalue weighted by Crippen LogP contribution is 2.42. The van der Waals surface area contributed by atoms with Crippen molar-refractivity contribution in [3.8, 4) is 0 Å². The molecular formula is C14H15FN2O3. The minimum Gasteiger partial charge on any atom is -0.480 e. The molecule has 3 atom stereocenters. The van der Waals surface area contributed by atoms with E-state index in [2.05, 4.69) is 4.98 Å². The first-order chi connectivity index (χ1) is 9.58. The van der Waals surface area contributed by atoms with Crippen molar-refractivity contribution in [2.45, 2.75) is 25.3 Å². The number of fused-ring (bicyclic) bond motifs is 1. The summed E-state index contributed by atoms with van der Waals surface area (Å²) in [7, 11) is 0. The molecule has 6 heteroatoms. The highest BCUT2D eigenvalue weighted by molar-refractivity contribution is 5.95. The van der Waals surface area contributed by atoms with Crippen LogP contribution < -0.4 is 0 Å². The molecule has 1 aliphatic heterocycles. The van der Waals surface area contributed by atoms with E-state index in [-0.39, 0.29) is 17.5 Å². The number of aliphatic carboxylic acids is 1. The van der Waals surface area contributed by atoms with Crippen LogP contribution in [0.5, 0.6) is 0 Å². The Bertz CT molecular complexity index is 546. The summed E-state index contributed by atoms with van der Waals surface area (Å²) in [5, 5.41) is 9.40. The molecule has 1 saturated heterocycles. The minimum atomic E-state index is -0.963. The Morgan fingerprint density at radius 1 is 1.35 bits per heavy atom. The molecule has 0 spiro atoms. The number of aromatic nitrogens is 1. The molecule has 3 rings (SSSR count). The van der Waals surface area contributed by atoms with Crippen LogP contribution in [0.25, 0.3) is 0 Å². The summed E-state index contributed by atoms with van der Waals surface area (Å²) in [6.07, 6.45) is 3.81. The van der Waals surface area contributed by atoms with Gasteiger partial charge in [0.15, 0.2) is 0 Å². The molecule has 3 unspecified atom stereocenters. The molecule has 2 heterocycles. The predicted octanol–water partition coefficient (Wildman–Crippen LogP) is 1.55. The van der Waals surface area contributed by atoms with Gasteiger partial charge in [-0.15, -0.1) is 0 Å². The van der Waals surface area contributed by atoms with Gasteiger partial charge >= 0.3 is 5.97 Å². The van der Waals surface area contributed by atoms with E-state index in [0.717, 1.165) is 31.5 Å². The van der Waals surface area contributed by atoms with Gasteiger partial charge in [-0.05, 0) is 36.8 Å². The van der Waals surface area contributed by atoms with Gasteiger partial charge in [0.2, 0.25) is 0 Å². The molecule has 2 fully saturated rings. The van der Waals surface area contributed by atoms with Gasteiger partial charge in [-0.2, -0.15) is 0 Å². The third-order valence-corrected chi connectivity index (χ3v) is 4.35. The van der Waals surface area contributed by atoms with E-state index in [0.29, 0.717) is 6.54 Å². The van der Waals surface area contributed by atoms with E-state index in [4.69, 9.17) is 0 Å². The summed E-state index contributed by atoms with van der Waals surface area (Å²) in [6, 6.07) is 1.68. The third-order valence-electron chi connectivity index (χ3n) is 4.35. The fraction of sp³-hybridized carbons (Fsp3) is 0.500. The largest absolute Gasteiger partial charge is 0.480 e. The van der Waals surface area contributed by atoms with E-state index in [1.807, 2.05) is 0 Å². The number of likely N-dealkylation sites (tertiary alicyclic amines) is 1. The lowest BCUT2D eigenvalue weighted by Gasteiger charge is -2.24. The maximum absolute atomic E-state index is 12.8. The highest BCUT2D eigenvalue weighted by atomic mass is 19.1. The van der Waals surface area contributed by atoms with Crippen LogP contribution in [0.3, 0.4) is 0 Å². The second-order valence-corrected chi connectivity index (χ2v) is 5.46. The third kappa shape index (κ3) is 2.05. The zero-order valence-electron chi connectivity index (χ0n) is 10.8. The van der Waals surface area contributed by atoms with Crippen LogP contribution in [0.2, 0.25) is 0 Å². The summed E-state index contributed by atoms with van der Waals surface area (Å²) in [4.78, 5) is 29.0. The Hall–Kier alpha value is -1.98. The number of halogens is 1. The molecule has 20 heavy (non-hydrogen) atoms. The fourth-order valence-corrected chi connectivity index (χ4v) is 3.48. The van der Waals surface area contributed by atoms with Gasteiger partial charge in [-0.25, -0.2) is 14.2 Å². The average molecular weight is 278 g/mol. The minimum absolute atomic E-state index is 0.0388. The van der Waals surface area contributed by atoms with Crippen LogP contribution in [0, 0.1) is 17.7 Å². The van der Waals surface area contributed by atoms with Crippen molar-refractivity contribution in [1.29, 1.82) is 0 Å². The van der Waals surface area contributed by atoms with Crippen molar-refractivity contribution >= 4 is 11.9 Å². The Kier molecular flexibility index (Phi) is 3.16. The summed E-state index contributed by atoms with van der Waals surface area (Å²) in [5.74, 6) is -1.60. The van der Waals surface area contributed by atoms with Crippen LogP contribution in [0.15, 0.2) is 18.3 Å². The van der Waals surface area contributed by atoms with Gasteiger partial charge < -0.3 is 10.0 Å². The van der Waals surface area contributed by atoms with Crippen molar-refractivity contribution in [3.63, 3.8) is 0 Å². The SMILES string of the molecule is O=C(O)C1C2CCCC2CN1C(=O)c1ccc(F)cn1. The number of carbonyl (C=O) groups excluding carboxylic acids is 1. The summed E-state index contributed by atoms with van der Waals surface area (Å²) in [6.45, 7) is 0.458. The molecule has 0 bridgehead atoms. The number of amides is 1. The maximum Gasteiger partial charge on any atom is 0.326 e. The molecule has 0 aromatic carbocycles. The highest BCUT2D eigenvalue weighted by Gasteiger charge is 2.49. The number of carboxylic acid groups (broad SMARTS) is 1. The average Bonchev–Trinajstić information content (AvgIpc) is 2.97. The van der Waals surface area contributed by atoms with Gasteiger partial charge in [0.05, 0.1) is 6.20 Å². The molecular weight excluding hydrogens is 263 g/mol. The quantitative estimate of drug-likeness (QED) is 0.891. The maximum atomic E-state index is 12.8. The molecule has 5 nitrogen and oxygen atoms in total. The Balaban J connectivity index is 1.87. The van der Waals surface area contributed by atoms with E-state index < -0.39 is 23.7 Å². The second-order valence-electron chi connectivity index (χ2n) is 5.46. The fourth-order valence-electron chi connectivity index (χ4n) is 3.48. The number of carboxylic acids is 1. The molecule has 1 saturated carbocycles. The van der Waals surface area contributed by atoms with Crippen LogP contribution in [0.4, 0.5) is 4.39 Å². The number of rotatable bonds is 2. The predicted molar refractivity (Wildman–Crippen MR) is 67.5 cm³/mol. The standard InChI is InChI=1S/C14H15FN2O3/c15-9-4-5-11(16-6-9)13(18)17-7-8-2-1-3-10(8)12(17)14(19)20/h4-6,8,10,12H,1-3,7H2,(H,19,20). The number of nitrogens with zero attached hydrogens (tertiary/aromatic N) is 2.